The maximum Gasteiger partial charge on any atom is 0.307 e. The van der Waals surface area contributed by atoms with Crippen molar-refractivity contribution in [1.82, 2.24) is 0 Å². The molecule has 1 aliphatic heterocycles. The van der Waals surface area contributed by atoms with E-state index in [1.807, 2.05) is 0 Å². The highest BCUT2D eigenvalue weighted by molar-refractivity contribution is 9.10. The Kier molecular flexibility index (Phi) is 3.54. The number of methoxy groups -OCH3 is 1. The minimum absolute atomic E-state index is 0.120. The molecule has 0 radical (unpaired) electrons. The van der Waals surface area contributed by atoms with Crippen molar-refractivity contribution in [3.63, 3.8) is 0 Å². The first-order valence-corrected chi connectivity index (χ1v) is 5.82. The summed E-state index contributed by atoms with van der Waals surface area (Å²) < 4.78 is 15.9. The number of rotatable bonds is 3. The Balaban J connectivity index is 2.23. The van der Waals surface area contributed by atoms with Gasteiger partial charge in [-0.25, -0.2) is 0 Å². The summed E-state index contributed by atoms with van der Waals surface area (Å²) in [6.45, 7) is 0.206. The molecule has 0 fully saturated rings. The topological polar surface area (TPSA) is 70.8 Å². The van der Waals surface area contributed by atoms with Gasteiger partial charge in [-0.05, 0) is 17.7 Å². The molecule has 0 aliphatic carbocycles. The predicted octanol–water partition coefficient (Wildman–Crippen LogP) is 1.74. The van der Waals surface area contributed by atoms with E-state index in [-0.39, 0.29) is 19.2 Å². The molecule has 5 nitrogen and oxygen atoms in total. The molecule has 1 aromatic carbocycles. The number of hydrogen-bond acceptors (Lipinski definition) is 5. The lowest BCUT2D eigenvalue weighted by Crippen LogP contribution is -2.16. The van der Waals surface area contributed by atoms with Gasteiger partial charge in [-0.15, -0.1) is 0 Å². The lowest BCUT2D eigenvalue weighted by atomic mass is 10.0. The van der Waals surface area contributed by atoms with Crippen LogP contribution < -0.4 is 15.2 Å². The molecule has 0 saturated carbocycles. The summed E-state index contributed by atoms with van der Waals surface area (Å²) in [5, 5.41) is 0. The lowest BCUT2D eigenvalue weighted by molar-refractivity contribution is -0.141. The summed E-state index contributed by atoms with van der Waals surface area (Å²) in [6.07, 6.45) is 0.120. The average molecular weight is 302 g/mol. The lowest BCUT2D eigenvalue weighted by Gasteiger charge is -2.13. The number of hydrogen-bond donors (Lipinski definition) is 1. The number of fused-ring (bicyclic) bond motifs is 1. The number of carbonyl (C=O) groups is 1. The molecule has 1 aliphatic rings. The summed E-state index contributed by atoms with van der Waals surface area (Å²) in [5.41, 5.74) is 6.73. The van der Waals surface area contributed by atoms with E-state index in [4.69, 9.17) is 15.2 Å². The largest absolute Gasteiger partial charge is 0.469 e. The van der Waals surface area contributed by atoms with Crippen LogP contribution in [-0.2, 0) is 9.53 Å². The average Bonchev–Trinajstić information content (AvgIpc) is 2.74. The minimum Gasteiger partial charge on any atom is -0.469 e. The first kappa shape index (κ1) is 12.2. The first-order valence-electron chi connectivity index (χ1n) is 5.03. The Morgan fingerprint density at radius 1 is 1.53 bits per heavy atom. The number of esters is 1. The van der Waals surface area contributed by atoms with Gasteiger partial charge in [0.15, 0.2) is 11.5 Å². The van der Waals surface area contributed by atoms with Crippen molar-refractivity contribution < 1.29 is 19.0 Å². The van der Waals surface area contributed by atoms with Crippen LogP contribution in [0.4, 0.5) is 0 Å². The quantitative estimate of drug-likeness (QED) is 0.861. The summed E-state index contributed by atoms with van der Waals surface area (Å²) in [6, 6.07) is 3.13. The molecule has 1 atom stereocenters. The Hall–Kier alpha value is -1.27. The molecule has 1 aromatic rings. The summed E-state index contributed by atoms with van der Waals surface area (Å²) in [7, 11) is 1.34. The molecule has 2 N–H and O–H groups in total. The van der Waals surface area contributed by atoms with Gasteiger partial charge in [0.05, 0.1) is 13.5 Å². The van der Waals surface area contributed by atoms with Crippen molar-refractivity contribution in [1.29, 1.82) is 0 Å². The van der Waals surface area contributed by atoms with Gasteiger partial charge in [0, 0.05) is 10.5 Å². The number of benzene rings is 1. The van der Waals surface area contributed by atoms with Gasteiger partial charge >= 0.3 is 5.97 Å². The predicted molar refractivity (Wildman–Crippen MR) is 63.8 cm³/mol. The molecule has 92 valence electrons. The Bertz CT molecular complexity index is 449. The van der Waals surface area contributed by atoms with Crippen molar-refractivity contribution >= 4 is 21.9 Å². The maximum absolute atomic E-state index is 11.2. The molecule has 0 spiro atoms. The molecule has 0 aromatic heterocycles. The van der Waals surface area contributed by atoms with Crippen LogP contribution >= 0.6 is 15.9 Å². The summed E-state index contributed by atoms with van der Waals surface area (Å²) in [5.74, 6) is 0.969. The normalized spacial score (nSPS) is 14.5. The number of nitrogens with two attached hydrogens (primary N) is 1. The van der Waals surface area contributed by atoms with Crippen LogP contribution in [0.2, 0.25) is 0 Å². The highest BCUT2D eigenvalue weighted by Crippen LogP contribution is 2.39. The second-order valence-electron chi connectivity index (χ2n) is 3.61. The molecular weight excluding hydrogens is 290 g/mol. The maximum atomic E-state index is 11.2. The fraction of sp³-hybridized carbons (Fsp3) is 0.364. The van der Waals surface area contributed by atoms with Crippen molar-refractivity contribution in [3.8, 4) is 11.5 Å². The van der Waals surface area contributed by atoms with Crippen LogP contribution in [0.25, 0.3) is 0 Å². The Morgan fingerprint density at radius 2 is 2.18 bits per heavy atom. The minimum atomic E-state index is -0.439. The zero-order valence-electron chi connectivity index (χ0n) is 9.23. The molecule has 1 heterocycles. The second-order valence-corrected chi connectivity index (χ2v) is 4.47. The SMILES string of the molecule is COC(=O)C[C@H](N)c1cc2c(cc1Br)OCO2. The van der Waals surface area contributed by atoms with Crippen LogP contribution in [0.15, 0.2) is 16.6 Å². The van der Waals surface area contributed by atoms with Gasteiger partial charge in [-0.1, -0.05) is 15.9 Å². The van der Waals surface area contributed by atoms with E-state index < -0.39 is 6.04 Å². The van der Waals surface area contributed by atoms with E-state index in [0.717, 1.165) is 10.0 Å². The molecule has 17 heavy (non-hydrogen) atoms. The smallest absolute Gasteiger partial charge is 0.307 e. The molecule has 0 unspecified atom stereocenters. The van der Waals surface area contributed by atoms with Crippen molar-refractivity contribution in [2.24, 2.45) is 5.73 Å². The number of halogens is 1. The van der Waals surface area contributed by atoms with Crippen LogP contribution in [0.5, 0.6) is 11.5 Å². The van der Waals surface area contributed by atoms with Gasteiger partial charge in [0.2, 0.25) is 6.79 Å². The third kappa shape index (κ3) is 2.53. The van der Waals surface area contributed by atoms with E-state index in [1.165, 1.54) is 7.11 Å². The van der Waals surface area contributed by atoms with Crippen LogP contribution in [0.1, 0.15) is 18.0 Å². The van der Waals surface area contributed by atoms with Crippen LogP contribution in [0, 0.1) is 0 Å². The van der Waals surface area contributed by atoms with E-state index in [2.05, 4.69) is 20.7 Å². The van der Waals surface area contributed by atoms with Crippen molar-refractivity contribution in [2.75, 3.05) is 13.9 Å². The first-order chi connectivity index (χ1) is 8.11. The van der Waals surface area contributed by atoms with Gasteiger partial charge < -0.3 is 19.9 Å². The fourth-order valence-electron chi connectivity index (χ4n) is 1.59. The highest BCUT2D eigenvalue weighted by Gasteiger charge is 2.21. The molecule has 2 rings (SSSR count). The number of ether oxygens (including phenoxy) is 3. The molecule has 6 heteroatoms. The van der Waals surface area contributed by atoms with Crippen molar-refractivity contribution in [3.05, 3.63) is 22.2 Å². The molecular formula is C11H12BrNO4. The van der Waals surface area contributed by atoms with E-state index in [0.29, 0.717) is 11.5 Å². The van der Waals surface area contributed by atoms with Gasteiger partial charge in [-0.2, -0.15) is 0 Å². The Labute approximate surface area is 107 Å². The van der Waals surface area contributed by atoms with E-state index in [9.17, 15) is 4.79 Å². The standard InChI is InChI=1S/C11H12BrNO4/c1-15-11(14)4-8(13)6-2-9-10(3-7(6)12)17-5-16-9/h2-3,8H,4-5,13H2,1H3/t8-/m0/s1. The third-order valence-corrected chi connectivity index (χ3v) is 3.19. The van der Waals surface area contributed by atoms with Gasteiger partial charge in [0.25, 0.3) is 0 Å². The fourth-order valence-corrected chi connectivity index (χ4v) is 2.21. The van der Waals surface area contributed by atoms with E-state index in [1.54, 1.807) is 12.1 Å². The molecule has 0 amide bonds. The van der Waals surface area contributed by atoms with Crippen LogP contribution in [-0.4, -0.2) is 19.9 Å². The third-order valence-electron chi connectivity index (χ3n) is 2.51. The van der Waals surface area contributed by atoms with Crippen LogP contribution in [0.3, 0.4) is 0 Å². The highest BCUT2D eigenvalue weighted by atomic mass is 79.9. The zero-order chi connectivity index (χ0) is 12.4. The zero-order valence-corrected chi connectivity index (χ0v) is 10.8. The molecule has 0 saturated heterocycles. The van der Waals surface area contributed by atoms with Gasteiger partial charge in [0.1, 0.15) is 0 Å². The van der Waals surface area contributed by atoms with E-state index >= 15 is 0 Å². The molecule has 0 bridgehead atoms. The summed E-state index contributed by atoms with van der Waals surface area (Å²) in [4.78, 5) is 11.2. The van der Waals surface area contributed by atoms with Crippen molar-refractivity contribution in [2.45, 2.75) is 12.5 Å². The Morgan fingerprint density at radius 3 is 2.82 bits per heavy atom. The summed E-state index contributed by atoms with van der Waals surface area (Å²) >= 11 is 3.39. The number of carbonyl (C=O) groups excluding carboxylic acids is 1. The van der Waals surface area contributed by atoms with Gasteiger partial charge in [-0.3, -0.25) is 4.79 Å². The monoisotopic (exact) mass is 301 g/mol. The second kappa shape index (κ2) is 4.93.